The number of amides is 1. The molecule has 0 spiro atoms. The summed E-state index contributed by atoms with van der Waals surface area (Å²) in [6.45, 7) is 2.15. The highest BCUT2D eigenvalue weighted by Crippen LogP contribution is 2.37. The maximum Gasteiger partial charge on any atom is 0.242 e. The summed E-state index contributed by atoms with van der Waals surface area (Å²) in [5.41, 5.74) is 2.22. The number of carbonyl (C=O) groups excluding carboxylic acids is 1. The lowest BCUT2D eigenvalue weighted by atomic mass is 10.2. The minimum absolute atomic E-state index is 0.135. The number of rotatable bonds is 4. The standard InChI is InChI=1S/C17H17BrN2O3S/c1-12(21)20-8-7-14-9-15(18)10-16(17(14)20)24(22,23)19-11-13-5-3-2-4-6-13/h2-6,9-10,19H,7-8,11H2,1H3. The van der Waals surface area contributed by atoms with Gasteiger partial charge in [-0.25, -0.2) is 13.1 Å². The van der Waals surface area contributed by atoms with E-state index in [9.17, 15) is 13.2 Å². The molecule has 0 bridgehead atoms. The number of nitrogens with one attached hydrogen (secondary N) is 1. The highest BCUT2D eigenvalue weighted by Gasteiger charge is 2.31. The molecule has 2 aromatic carbocycles. The van der Waals surface area contributed by atoms with Crippen molar-refractivity contribution < 1.29 is 13.2 Å². The summed E-state index contributed by atoms with van der Waals surface area (Å²) in [6, 6.07) is 12.7. The number of anilines is 1. The lowest BCUT2D eigenvalue weighted by Crippen LogP contribution is -2.30. The molecule has 126 valence electrons. The van der Waals surface area contributed by atoms with E-state index in [0.29, 0.717) is 23.1 Å². The SMILES string of the molecule is CC(=O)N1CCc2cc(Br)cc(S(=O)(=O)NCc3ccccc3)c21. The van der Waals surface area contributed by atoms with Crippen molar-refractivity contribution in [1.29, 1.82) is 0 Å². The van der Waals surface area contributed by atoms with Crippen LogP contribution in [-0.4, -0.2) is 20.9 Å². The third kappa shape index (κ3) is 3.38. The number of hydrogen-bond donors (Lipinski definition) is 1. The third-order valence-electron chi connectivity index (χ3n) is 3.97. The third-order valence-corrected chi connectivity index (χ3v) is 5.84. The van der Waals surface area contributed by atoms with Gasteiger partial charge < -0.3 is 4.90 Å². The normalized spacial score (nSPS) is 13.8. The van der Waals surface area contributed by atoms with Crippen LogP contribution in [0, 0.1) is 0 Å². The lowest BCUT2D eigenvalue weighted by molar-refractivity contribution is -0.116. The molecule has 2 aromatic rings. The zero-order chi connectivity index (χ0) is 17.3. The van der Waals surface area contributed by atoms with Crippen molar-refractivity contribution in [2.45, 2.75) is 24.8 Å². The minimum Gasteiger partial charge on any atom is -0.311 e. The number of halogens is 1. The average Bonchev–Trinajstić information content (AvgIpc) is 2.97. The van der Waals surface area contributed by atoms with Crippen LogP contribution in [0.3, 0.4) is 0 Å². The van der Waals surface area contributed by atoms with Crippen LogP contribution in [-0.2, 0) is 27.8 Å². The first-order valence-corrected chi connectivity index (χ1v) is 9.80. The fourth-order valence-electron chi connectivity index (χ4n) is 2.84. The molecule has 1 heterocycles. The summed E-state index contributed by atoms with van der Waals surface area (Å²) in [5, 5.41) is 0. The van der Waals surface area contributed by atoms with Gasteiger partial charge in [0.2, 0.25) is 15.9 Å². The molecule has 1 aliphatic rings. The van der Waals surface area contributed by atoms with Crippen molar-refractivity contribution in [2.24, 2.45) is 0 Å². The van der Waals surface area contributed by atoms with E-state index < -0.39 is 10.0 Å². The Kier molecular flexibility index (Phi) is 4.76. The minimum atomic E-state index is -3.75. The summed E-state index contributed by atoms with van der Waals surface area (Å²) >= 11 is 3.37. The zero-order valence-electron chi connectivity index (χ0n) is 13.1. The van der Waals surface area contributed by atoms with Crippen LogP contribution < -0.4 is 9.62 Å². The van der Waals surface area contributed by atoms with Gasteiger partial charge in [0.15, 0.2) is 0 Å². The molecule has 0 aliphatic carbocycles. The smallest absolute Gasteiger partial charge is 0.242 e. The number of fused-ring (bicyclic) bond motifs is 1. The number of hydrogen-bond acceptors (Lipinski definition) is 3. The second-order valence-corrected chi connectivity index (χ2v) is 8.29. The Morgan fingerprint density at radius 1 is 1.25 bits per heavy atom. The number of nitrogens with zero attached hydrogens (tertiary/aromatic N) is 1. The summed E-state index contributed by atoms with van der Waals surface area (Å²) in [4.78, 5) is 13.5. The van der Waals surface area contributed by atoms with Crippen LogP contribution in [0.25, 0.3) is 0 Å². The van der Waals surface area contributed by atoms with Gasteiger partial charge in [0.25, 0.3) is 0 Å². The Bertz CT molecular complexity index is 882. The lowest BCUT2D eigenvalue weighted by Gasteiger charge is -2.19. The first-order chi connectivity index (χ1) is 11.4. The van der Waals surface area contributed by atoms with Crippen LogP contribution in [0.4, 0.5) is 5.69 Å². The molecule has 0 unspecified atom stereocenters. The summed E-state index contributed by atoms with van der Waals surface area (Å²) in [7, 11) is -3.75. The number of carbonyl (C=O) groups is 1. The van der Waals surface area contributed by atoms with Gasteiger partial charge in [-0.2, -0.15) is 0 Å². The quantitative estimate of drug-likeness (QED) is 0.845. The van der Waals surface area contributed by atoms with Crippen molar-refractivity contribution in [3.63, 3.8) is 0 Å². The molecule has 0 saturated heterocycles. The van der Waals surface area contributed by atoms with Crippen molar-refractivity contribution >= 4 is 37.5 Å². The number of benzene rings is 2. The fraction of sp³-hybridized carbons (Fsp3) is 0.235. The van der Waals surface area contributed by atoms with E-state index >= 15 is 0 Å². The van der Waals surface area contributed by atoms with E-state index in [1.165, 1.54) is 11.8 Å². The predicted octanol–water partition coefficient (Wildman–Crippen LogP) is 2.84. The van der Waals surface area contributed by atoms with E-state index in [1.54, 1.807) is 6.07 Å². The van der Waals surface area contributed by atoms with Gasteiger partial charge in [0.05, 0.1) is 5.69 Å². The number of sulfonamides is 1. The summed E-state index contributed by atoms with van der Waals surface area (Å²) in [6.07, 6.45) is 0.648. The molecular weight excluding hydrogens is 392 g/mol. The molecule has 0 atom stereocenters. The first-order valence-electron chi connectivity index (χ1n) is 7.52. The molecule has 24 heavy (non-hydrogen) atoms. The molecule has 0 saturated carbocycles. The van der Waals surface area contributed by atoms with Crippen LogP contribution in [0.5, 0.6) is 0 Å². The Hall–Kier alpha value is -1.70. The maximum atomic E-state index is 12.8. The molecule has 1 aliphatic heterocycles. The largest absolute Gasteiger partial charge is 0.311 e. The average molecular weight is 409 g/mol. The zero-order valence-corrected chi connectivity index (χ0v) is 15.5. The Morgan fingerprint density at radius 2 is 1.96 bits per heavy atom. The topological polar surface area (TPSA) is 66.5 Å². The van der Waals surface area contributed by atoms with Gasteiger partial charge >= 0.3 is 0 Å². The Labute approximate surface area is 149 Å². The molecule has 5 nitrogen and oxygen atoms in total. The van der Waals surface area contributed by atoms with E-state index in [4.69, 9.17) is 0 Å². The van der Waals surface area contributed by atoms with Crippen LogP contribution >= 0.6 is 15.9 Å². The molecule has 1 N–H and O–H groups in total. The second-order valence-electron chi connectivity index (χ2n) is 5.64. The van der Waals surface area contributed by atoms with Gasteiger partial charge in [0, 0.05) is 24.5 Å². The van der Waals surface area contributed by atoms with Crippen molar-refractivity contribution in [3.05, 3.63) is 58.1 Å². The summed E-state index contributed by atoms with van der Waals surface area (Å²) in [5.74, 6) is -0.157. The summed E-state index contributed by atoms with van der Waals surface area (Å²) < 4.78 is 28.9. The monoisotopic (exact) mass is 408 g/mol. The van der Waals surface area contributed by atoms with Crippen LogP contribution in [0.15, 0.2) is 51.8 Å². The molecule has 7 heteroatoms. The van der Waals surface area contributed by atoms with Crippen molar-refractivity contribution in [2.75, 3.05) is 11.4 Å². The molecular formula is C17H17BrN2O3S. The fourth-order valence-corrected chi connectivity index (χ4v) is 4.79. The van der Waals surface area contributed by atoms with Crippen molar-refractivity contribution in [3.8, 4) is 0 Å². The predicted molar refractivity (Wildman–Crippen MR) is 96.3 cm³/mol. The van der Waals surface area contributed by atoms with E-state index in [-0.39, 0.29) is 17.3 Å². The van der Waals surface area contributed by atoms with Crippen LogP contribution in [0.1, 0.15) is 18.1 Å². The van der Waals surface area contributed by atoms with Crippen molar-refractivity contribution in [1.82, 2.24) is 4.72 Å². The Morgan fingerprint density at radius 3 is 2.62 bits per heavy atom. The van der Waals surface area contributed by atoms with Crippen LogP contribution in [0.2, 0.25) is 0 Å². The second kappa shape index (κ2) is 6.66. The highest BCUT2D eigenvalue weighted by molar-refractivity contribution is 9.10. The molecule has 1 amide bonds. The van der Waals surface area contributed by atoms with Gasteiger partial charge in [-0.05, 0) is 29.7 Å². The molecule has 0 radical (unpaired) electrons. The Balaban J connectivity index is 1.97. The van der Waals surface area contributed by atoms with E-state index in [1.807, 2.05) is 36.4 Å². The van der Waals surface area contributed by atoms with E-state index in [0.717, 1.165) is 11.1 Å². The van der Waals surface area contributed by atoms with E-state index in [2.05, 4.69) is 20.7 Å². The first kappa shape index (κ1) is 17.1. The van der Waals surface area contributed by atoms with Gasteiger partial charge in [-0.15, -0.1) is 0 Å². The maximum absolute atomic E-state index is 12.8. The highest BCUT2D eigenvalue weighted by atomic mass is 79.9. The van der Waals surface area contributed by atoms with Gasteiger partial charge in [-0.3, -0.25) is 4.79 Å². The van der Waals surface area contributed by atoms with Gasteiger partial charge in [-0.1, -0.05) is 46.3 Å². The van der Waals surface area contributed by atoms with Gasteiger partial charge in [0.1, 0.15) is 4.90 Å². The molecule has 3 rings (SSSR count). The molecule has 0 aromatic heterocycles. The molecule has 0 fully saturated rings.